The molecule has 0 aliphatic carbocycles. The Hall–Kier alpha value is -4.70. The van der Waals surface area contributed by atoms with Crippen LogP contribution in [0.1, 0.15) is 40.3 Å². The summed E-state index contributed by atoms with van der Waals surface area (Å²) in [5.41, 5.74) is 13.3. The Labute approximate surface area is 267 Å². The van der Waals surface area contributed by atoms with Crippen molar-refractivity contribution >= 4 is 40.9 Å². The molecule has 0 aromatic heterocycles. The summed E-state index contributed by atoms with van der Waals surface area (Å²) in [7, 11) is 1.72. The SMILES string of the molecule is CC=NC(=NC)c1ccc(C=N)cc1.Cc1ccc(OC(F)(F)F)cc1.Cc1cccc(C)c1N=C(N)SCc1ccccc1. The summed E-state index contributed by atoms with van der Waals surface area (Å²) in [4.78, 5) is 12.7. The fourth-order valence-corrected chi connectivity index (χ4v) is 4.37. The number of hydrogen-bond donors (Lipinski definition) is 2. The van der Waals surface area contributed by atoms with Crippen molar-refractivity contribution in [2.45, 2.75) is 39.8 Å². The van der Waals surface area contributed by atoms with Crippen LogP contribution in [0, 0.1) is 26.2 Å². The Balaban J connectivity index is 0.000000243. The van der Waals surface area contributed by atoms with Gasteiger partial charge in [0.2, 0.25) is 0 Å². The van der Waals surface area contributed by atoms with Crippen LogP contribution in [-0.2, 0) is 5.75 Å². The van der Waals surface area contributed by atoms with Crippen LogP contribution in [0.4, 0.5) is 18.9 Å². The third-order valence-corrected chi connectivity index (χ3v) is 6.81. The van der Waals surface area contributed by atoms with E-state index < -0.39 is 6.36 Å². The molecule has 6 nitrogen and oxygen atoms in total. The highest BCUT2D eigenvalue weighted by molar-refractivity contribution is 8.13. The maximum atomic E-state index is 11.6. The van der Waals surface area contributed by atoms with Crippen molar-refractivity contribution in [1.29, 1.82) is 5.41 Å². The molecule has 10 heteroatoms. The highest BCUT2D eigenvalue weighted by Gasteiger charge is 2.30. The third kappa shape index (κ3) is 14.1. The van der Waals surface area contributed by atoms with Crippen LogP contribution in [0.15, 0.2) is 112 Å². The Morgan fingerprint density at radius 3 is 1.98 bits per heavy atom. The Morgan fingerprint density at radius 2 is 1.47 bits per heavy atom. The predicted molar refractivity (Wildman–Crippen MR) is 184 cm³/mol. The zero-order chi connectivity index (χ0) is 33.2. The molecule has 0 radical (unpaired) electrons. The van der Waals surface area contributed by atoms with Crippen molar-refractivity contribution in [1.82, 2.24) is 0 Å². The zero-order valence-corrected chi connectivity index (χ0v) is 26.8. The van der Waals surface area contributed by atoms with E-state index in [1.807, 2.05) is 55.5 Å². The molecule has 0 heterocycles. The van der Waals surface area contributed by atoms with Gasteiger partial charge in [0.25, 0.3) is 0 Å². The van der Waals surface area contributed by atoms with Gasteiger partial charge in [-0.25, -0.2) is 9.98 Å². The van der Waals surface area contributed by atoms with E-state index in [4.69, 9.17) is 11.1 Å². The van der Waals surface area contributed by atoms with Crippen LogP contribution in [-0.4, -0.2) is 36.8 Å². The monoisotopic (exact) mass is 633 g/mol. The second kappa shape index (κ2) is 18.9. The van der Waals surface area contributed by atoms with Crippen LogP contribution >= 0.6 is 11.8 Å². The number of nitrogens with one attached hydrogen (secondary N) is 1. The van der Waals surface area contributed by atoms with Gasteiger partial charge in [-0.05, 0) is 62.1 Å². The van der Waals surface area contributed by atoms with Gasteiger partial charge < -0.3 is 15.9 Å². The van der Waals surface area contributed by atoms with Gasteiger partial charge >= 0.3 is 6.36 Å². The van der Waals surface area contributed by atoms with Gasteiger partial charge in [0, 0.05) is 30.8 Å². The molecule has 4 aromatic carbocycles. The first-order valence-corrected chi connectivity index (χ1v) is 14.9. The first-order chi connectivity index (χ1) is 21.4. The average Bonchev–Trinajstić information content (AvgIpc) is 3.02. The van der Waals surface area contributed by atoms with Crippen LogP contribution < -0.4 is 10.5 Å². The van der Waals surface area contributed by atoms with E-state index in [0.717, 1.165) is 39.3 Å². The lowest BCUT2D eigenvalue weighted by atomic mass is 10.1. The topological polar surface area (TPSA) is 96.2 Å². The fourth-order valence-electron chi connectivity index (χ4n) is 3.71. The molecular weight excluding hydrogens is 595 g/mol. The Morgan fingerprint density at radius 1 is 0.867 bits per heavy atom. The molecule has 45 heavy (non-hydrogen) atoms. The second-order valence-electron chi connectivity index (χ2n) is 9.53. The minimum absolute atomic E-state index is 0.187. The minimum Gasteiger partial charge on any atom is -0.406 e. The number of halogens is 3. The molecule has 0 aliphatic rings. The number of hydrogen-bond acceptors (Lipinski definition) is 5. The summed E-state index contributed by atoms with van der Waals surface area (Å²) in [5.74, 6) is 1.37. The van der Waals surface area contributed by atoms with Crippen molar-refractivity contribution in [3.63, 3.8) is 0 Å². The summed E-state index contributed by atoms with van der Waals surface area (Å²) in [6, 6.07) is 29.7. The molecule has 0 unspecified atom stereocenters. The largest absolute Gasteiger partial charge is 0.573 e. The van der Waals surface area contributed by atoms with E-state index in [0.29, 0.717) is 11.0 Å². The predicted octanol–water partition coefficient (Wildman–Crippen LogP) is 9.23. The lowest BCUT2D eigenvalue weighted by molar-refractivity contribution is -0.274. The lowest BCUT2D eigenvalue weighted by Gasteiger charge is -2.08. The average molecular weight is 634 g/mol. The number of alkyl halides is 3. The van der Waals surface area contributed by atoms with Gasteiger partial charge in [-0.2, -0.15) is 0 Å². The van der Waals surface area contributed by atoms with Gasteiger partial charge in [-0.3, -0.25) is 4.99 Å². The molecule has 0 saturated carbocycles. The van der Waals surface area contributed by atoms with Crippen molar-refractivity contribution in [3.8, 4) is 5.75 Å². The fraction of sp³-hybridized carbons (Fsp3) is 0.200. The molecule has 0 spiro atoms. The maximum absolute atomic E-state index is 11.6. The molecule has 4 rings (SSSR count). The number of para-hydroxylation sites is 1. The molecule has 0 saturated heterocycles. The number of ether oxygens (including phenoxy) is 1. The van der Waals surface area contributed by atoms with E-state index in [1.165, 1.54) is 23.9 Å². The van der Waals surface area contributed by atoms with E-state index in [-0.39, 0.29) is 5.75 Å². The first kappa shape index (κ1) is 36.5. The summed E-state index contributed by atoms with van der Waals surface area (Å²) >= 11 is 1.57. The first-order valence-electron chi connectivity index (χ1n) is 13.9. The van der Waals surface area contributed by atoms with Crippen LogP contribution in [0.5, 0.6) is 5.75 Å². The van der Waals surface area contributed by atoms with Crippen LogP contribution in [0.3, 0.4) is 0 Å². The number of benzene rings is 4. The molecule has 0 atom stereocenters. The van der Waals surface area contributed by atoms with Crippen molar-refractivity contribution in [2.75, 3.05) is 7.05 Å². The number of aryl methyl sites for hydroxylation is 3. The van der Waals surface area contributed by atoms with Gasteiger partial charge in [0.15, 0.2) is 11.0 Å². The van der Waals surface area contributed by atoms with E-state index in [2.05, 4.69) is 57.8 Å². The third-order valence-electron chi connectivity index (χ3n) is 5.94. The van der Waals surface area contributed by atoms with Crippen molar-refractivity contribution < 1.29 is 17.9 Å². The number of aliphatic imine (C=N–C) groups is 3. The van der Waals surface area contributed by atoms with Gasteiger partial charge in [-0.1, -0.05) is 102 Å². The van der Waals surface area contributed by atoms with Gasteiger partial charge in [0.1, 0.15) is 5.75 Å². The molecule has 0 amide bonds. The number of nitrogens with zero attached hydrogens (tertiary/aromatic N) is 3. The summed E-state index contributed by atoms with van der Waals surface area (Å²) in [6.07, 6.45) is -1.57. The summed E-state index contributed by atoms with van der Waals surface area (Å²) in [5, 5.41) is 7.67. The lowest BCUT2D eigenvalue weighted by Crippen LogP contribution is -2.16. The van der Waals surface area contributed by atoms with E-state index in [9.17, 15) is 13.2 Å². The van der Waals surface area contributed by atoms with Crippen molar-refractivity contribution in [3.05, 3.63) is 130 Å². The zero-order valence-electron chi connectivity index (χ0n) is 26.0. The molecule has 0 fully saturated rings. The normalized spacial score (nSPS) is 11.6. The number of rotatable bonds is 6. The molecule has 0 bridgehead atoms. The van der Waals surface area contributed by atoms with Crippen LogP contribution in [0.25, 0.3) is 0 Å². The van der Waals surface area contributed by atoms with Crippen LogP contribution in [0.2, 0.25) is 0 Å². The standard InChI is InChI=1S/C16H18N2S.C11H13N3.C8H7F3O/c1-12-7-6-8-13(2)15(12)18-16(17)19-11-14-9-4-3-5-10-14;1-3-14-11(13-2)10-6-4-9(8-12)5-7-10;1-6-2-4-7(5-3-6)12-8(9,10)11/h3-10H,11H2,1-2H3,(H2,17,18);3-8,12H,1-2H3;2-5H,1H3. The molecule has 4 aromatic rings. The number of nitrogens with two attached hydrogens (primary N) is 1. The van der Waals surface area contributed by atoms with Crippen molar-refractivity contribution in [2.24, 2.45) is 20.7 Å². The van der Waals surface area contributed by atoms with Gasteiger partial charge in [0.05, 0.1) is 5.69 Å². The summed E-state index contributed by atoms with van der Waals surface area (Å²) in [6.45, 7) is 7.76. The quantitative estimate of drug-likeness (QED) is 0.164. The highest BCUT2D eigenvalue weighted by Crippen LogP contribution is 2.25. The Kier molecular flexibility index (Phi) is 15.3. The minimum atomic E-state index is -4.60. The molecular formula is C35H38F3N5OS. The molecule has 3 N–H and O–H groups in total. The second-order valence-corrected chi connectivity index (χ2v) is 10.5. The molecule has 236 valence electrons. The number of amidine groups is 2. The van der Waals surface area contributed by atoms with Gasteiger partial charge in [-0.15, -0.1) is 13.2 Å². The Bertz CT molecular complexity index is 1550. The smallest absolute Gasteiger partial charge is 0.406 e. The van der Waals surface area contributed by atoms with E-state index in [1.54, 1.807) is 44.1 Å². The highest BCUT2D eigenvalue weighted by atomic mass is 32.2. The summed E-state index contributed by atoms with van der Waals surface area (Å²) < 4.78 is 38.5. The maximum Gasteiger partial charge on any atom is 0.573 e. The number of thioether (sulfide) groups is 1. The van der Waals surface area contributed by atoms with E-state index >= 15 is 0 Å². The molecule has 0 aliphatic heterocycles.